The van der Waals surface area contributed by atoms with Gasteiger partial charge in [-0.25, -0.2) is 9.78 Å². The molecule has 0 saturated heterocycles. The molecule has 5 nitrogen and oxygen atoms in total. The van der Waals surface area contributed by atoms with Crippen molar-refractivity contribution in [3.05, 3.63) is 39.3 Å². The number of aryl methyl sites for hydroxylation is 1. The summed E-state index contributed by atoms with van der Waals surface area (Å²) in [4.78, 5) is 26.4. The number of pyridine rings is 2. The molecule has 0 aliphatic rings. The number of aromatic carboxylic acids is 1. The number of carboxylic acid groups (broad SMARTS) is 1. The zero-order valence-electron chi connectivity index (χ0n) is 8.27. The fourth-order valence-electron chi connectivity index (χ4n) is 1.48. The van der Waals surface area contributed by atoms with E-state index in [1.807, 2.05) is 0 Å². The van der Waals surface area contributed by atoms with Crippen LogP contribution in [0.3, 0.4) is 0 Å². The minimum atomic E-state index is -1.26. The number of nitrogens with zero attached hydrogens (tertiary/aromatic N) is 2. The molecule has 1 N–H and O–H groups in total. The number of halogens is 1. The number of hydrogen-bond acceptors (Lipinski definition) is 3. The Labute approximate surface area is 94.9 Å². The number of fused-ring (bicyclic) bond motifs is 1. The molecule has 0 bridgehead atoms. The standard InChI is InChI=1S/C10H7ClN2O3/c1-13-8-5(2-6(11)4-12-8)3-7(9(13)14)10(15)16/h2-4H,1H3,(H,15,16). The molecule has 0 fully saturated rings. The highest BCUT2D eigenvalue weighted by Crippen LogP contribution is 2.15. The highest BCUT2D eigenvalue weighted by molar-refractivity contribution is 6.31. The van der Waals surface area contributed by atoms with Crippen LogP contribution in [0.5, 0.6) is 0 Å². The third-order valence-electron chi connectivity index (χ3n) is 2.24. The molecule has 0 aliphatic carbocycles. The quantitative estimate of drug-likeness (QED) is 0.813. The van der Waals surface area contributed by atoms with E-state index >= 15 is 0 Å². The van der Waals surface area contributed by atoms with Crippen molar-refractivity contribution in [3.63, 3.8) is 0 Å². The minimum Gasteiger partial charge on any atom is -0.477 e. The normalized spacial score (nSPS) is 10.6. The Morgan fingerprint density at radius 1 is 1.50 bits per heavy atom. The second-order valence-corrected chi connectivity index (χ2v) is 3.73. The highest BCUT2D eigenvalue weighted by Gasteiger charge is 2.13. The van der Waals surface area contributed by atoms with Crippen molar-refractivity contribution in [2.75, 3.05) is 0 Å². The number of hydrogen-bond donors (Lipinski definition) is 1. The van der Waals surface area contributed by atoms with Crippen LogP contribution >= 0.6 is 11.6 Å². The lowest BCUT2D eigenvalue weighted by atomic mass is 10.2. The molecule has 2 aromatic rings. The van der Waals surface area contributed by atoms with Gasteiger partial charge in [-0.05, 0) is 12.1 Å². The molecule has 0 unspecified atom stereocenters. The molecule has 0 spiro atoms. The Morgan fingerprint density at radius 3 is 2.81 bits per heavy atom. The maximum Gasteiger partial charge on any atom is 0.341 e. The maximum atomic E-state index is 11.6. The average Bonchev–Trinajstić information content (AvgIpc) is 2.22. The number of aromatic nitrogens is 2. The lowest BCUT2D eigenvalue weighted by Gasteiger charge is -2.05. The van der Waals surface area contributed by atoms with E-state index in [1.165, 1.54) is 23.9 Å². The number of rotatable bonds is 1. The van der Waals surface area contributed by atoms with Crippen molar-refractivity contribution in [2.45, 2.75) is 0 Å². The summed E-state index contributed by atoms with van der Waals surface area (Å²) in [5.74, 6) is -1.26. The molecule has 2 heterocycles. The van der Waals surface area contributed by atoms with E-state index in [2.05, 4.69) is 4.98 Å². The maximum absolute atomic E-state index is 11.6. The average molecular weight is 239 g/mol. The summed E-state index contributed by atoms with van der Waals surface area (Å²) < 4.78 is 1.19. The van der Waals surface area contributed by atoms with E-state index in [9.17, 15) is 9.59 Å². The van der Waals surface area contributed by atoms with Gasteiger partial charge in [0.2, 0.25) is 0 Å². The van der Waals surface area contributed by atoms with E-state index in [-0.39, 0.29) is 5.56 Å². The molecular formula is C10H7ClN2O3. The molecule has 0 radical (unpaired) electrons. The van der Waals surface area contributed by atoms with Gasteiger partial charge in [0.1, 0.15) is 11.2 Å². The second kappa shape index (κ2) is 3.61. The first-order valence-corrected chi connectivity index (χ1v) is 4.77. The van der Waals surface area contributed by atoms with Gasteiger partial charge < -0.3 is 5.11 Å². The fraction of sp³-hybridized carbons (Fsp3) is 0.100. The molecular weight excluding hydrogens is 232 g/mol. The van der Waals surface area contributed by atoms with Crippen LogP contribution < -0.4 is 5.56 Å². The van der Waals surface area contributed by atoms with Crippen LogP contribution in [0, 0.1) is 0 Å². The smallest absolute Gasteiger partial charge is 0.341 e. The topological polar surface area (TPSA) is 72.2 Å². The summed E-state index contributed by atoms with van der Waals surface area (Å²) in [7, 11) is 1.47. The molecule has 0 atom stereocenters. The molecule has 6 heteroatoms. The van der Waals surface area contributed by atoms with Gasteiger partial charge in [0, 0.05) is 18.6 Å². The zero-order chi connectivity index (χ0) is 11.9. The van der Waals surface area contributed by atoms with Gasteiger partial charge in [-0.1, -0.05) is 11.6 Å². The van der Waals surface area contributed by atoms with Crippen molar-refractivity contribution >= 4 is 28.6 Å². The molecule has 2 aromatic heterocycles. The minimum absolute atomic E-state index is 0.293. The van der Waals surface area contributed by atoms with E-state index < -0.39 is 11.5 Å². The van der Waals surface area contributed by atoms with Crippen LogP contribution in [0.2, 0.25) is 5.02 Å². The molecule has 0 saturated carbocycles. The van der Waals surface area contributed by atoms with Crippen molar-refractivity contribution in [1.29, 1.82) is 0 Å². The molecule has 0 aliphatic heterocycles. The van der Waals surface area contributed by atoms with Crippen LogP contribution in [0.4, 0.5) is 0 Å². The van der Waals surface area contributed by atoms with Gasteiger partial charge in [0.15, 0.2) is 0 Å². The summed E-state index contributed by atoms with van der Waals surface area (Å²) >= 11 is 5.75. The van der Waals surface area contributed by atoms with Gasteiger partial charge in [0.05, 0.1) is 5.02 Å². The van der Waals surface area contributed by atoms with E-state index in [0.29, 0.717) is 16.1 Å². The first kappa shape index (κ1) is 10.6. The van der Waals surface area contributed by atoms with E-state index in [0.717, 1.165) is 0 Å². The van der Waals surface area contributed by atoms with Gasteiger partial charge in [0.25, 0.3) is 5.56 Å². The second-order valence-electron chi connectivity index (χ2n) is 3.29. The molecule has 16 heavy (non-hydrogen) atoms. The van der Waals surface area contributed by atoms with Gasteiger partial charge in [-0.3, -0.25) is 9.36 Å². The first-order valence-electron chi connectivity index (χ1n) is 4.39. The summed E-state index contributed by atoms with van der Waals surface area (Å²) in [6.07, 6.45) is 1.41. The van der Waals surface area contributed by atoms with Crippen LogP contribution in [0.15, 0.2) is 23.1 Å². The predicted octanol–water partition coefficient (Wildman–Crippen LogP) is 1.29. The first-order chi connectivity index (χ1) is 7.50. The van der Waals surface area contributed by atoms with Crippen molar-refractivity contribution in [1.82, 2.24) is 9.55 Å². The Bertz CT molecular complexity index is 648. The number of carbonyl (C=O) groups is 1. The lowest BCUT2D eigenvalue weighted by Crippen LogP contribution is -2.24. The molecule has 2 rings (SSSR count). The van der Waals surface area contributed by atoms with Gasteiger partial charge in [-0.2, -0.15) is 0 Å². The molecule has 0 amide bonds. The van der Waals surface area contributed by atoms with Crippen molar-refractivity contribution in [3.8, 4) is 0 Å². The van der Waals surface area contributed by atoms with E-state index in [4.69, 9.17) is 16.7 Å². The van der Waals surface area contributed by atoms with Crippen molar-refractivity contribution in [2.24, 2.45) is 7.05 Å². The Morgan fingerprint density at radius 2 is 2.19 bits per heavy atom. The van der Waals surface area contributed by atoms with Crippen molar-refractivity contribution < 1.29 is 9.90 Å². The highest BCUT2D eigenvalue weighted by atomic mass is 35.5. The SMILES string of the molecule is Cn1c(=O)c(C(=O)O)cc2cc(Cl)cnc21. The monoisotopic (exact) mass is 238 g/mol. The number of carboxylic acids is 1. The molecule has 82 valence electrons. The third kappa shape index (κ3) is 1.55. The van der Waals surface area contributed by atoms with Crippen LogP contribution in [0.25, 0.3) is 11.0 Å². The van der Waals surface area contributed by atoms with Crippen LogP contribution in [-0.2, 0) is 7.05 Å². The fourth-order valence-corrected chi connectivity index (χ4v) is 1.65. The third-order valence-corrected chi connectivity index (χ3v) is 2.45. The van der Waals surface area contributed by atoms with Gasteiger partial charge >= 0.3 is 5.97 Å². The van der Waals surface area contributed by atoms with Crippen LogP contribution in [0.1, 0.15) is 10.4 Å². The van der Waals surface area contributed by atoms with E-state index in [1.54, 1.807) is 6.07 Å². The molecule has 0 aromatic carbocycles. The Balaban J connectivity index is 2.94. The Hall–Kier alpha value is -1.88. The largest absolute Gasteiger partial charge is 0.477 e. The summed E-state index contributed by atoms with van der Waals surface area (Å²) in [6, 6.07) is 2.84. The Kier molecular flexibility index (Phi) is 2.40. The zero-order valence-corrected chi connectivity index (χ0v) is 9.02. The summed E-state index contributed by atoms with van der Waals surface area (Å²) in [6.45, 7) is 0. The lowest BCUT2D eigenvalue weighted by molar-refractivity contribution is 0.0694. The predicted molar refractivity (Wildman–Crippen MR) is 59.0 cm³/mol. The summed E-state index contributed by atoms with van der Waals surface area (Å²) in [5, 5.41) is 9.76. The van der Waals surface area contributed by atoms with Gasteiger partial charge in [-0.15, -0.1) is 0 Å². The van der Waals surface area contributed by atoms with Crippen LogP contribution in [-0.4, -0.2) is 20.6 Å². The summed E-state index contributed by atoms with van der Waals surface area (Å²) in [5.41, 5.74) is -0.478.